The Morgan fingerprint density at radius 1 is 0.886 bits per heavy atom. The molecule has 1 saturated heterocycles. The van der Waals surface area contributed by atoms with Crippen LogP contribution >= 0.6 is 11.3 Å². The molecule has 0 bridgehead atoms. The average molecular weight is 489 g/mol. The maximum atomic E-state index is 5.55. The number of rotatable bonds is 8. The van der Waals surface area contributed by atoms with Crippen LogP contribution in [0.2, 0.25) is 0 Å². The summed E-state index contributed by atoms with van der Waals surface area (Å²) in [6.07, 6.45) is 0.902. The van der Waals surface area contributed by atoms with E-state index in [0.717, 1.165) is 63.0 Å². The number of fused-ring (bicyclic) bond motifs is 1. The highest BCUT2D eigenvalue weighted by Gasteiger charge is 2.31. The second-order valence-electron chi connectivity index (χ2n) is 8.91. The van der Waals surface area contributed by atoms with Crippen molar-refractivity contribution in [2.75, 3.05) is 33.0 Å². The van der Waals surface area contributed by atoms with Gasteiger partial charge in [0.05, 0.1) is 0 Å². The van der Waals surface area contributed by atoms with Crippen molar-refractivity contribution in [1.82, 2.24) is 30.0 Å². The van der Waals surface area contributed by atoms with Crippen molar-refractivity contribution < 1.29 is 9.47 Å². The summed E-state index contributed by atoms with van der Waals surface area (Å²) < 4.78 is 13.0. The van der Waals surface area contributed by atoms with Crippen LogP contribution in [0.25, 0.3) is 0 Å². The highest BCUT2D eigenvalue weighted by atomic mass is 32.1. The summed E-state index contributed by atoms with van der Waals surface area (Å²) in [7, 11) is 0. The molecular weight excluding hydrogens is 460 g/mol. The summed E-state index contributed by atoms with van der Waals surface area (Å²) >= 11 is 1.77. The Kier molecular flexibility index (Phi) is 6.44. The molecule has 0 unspecified atom stereocenters. The molecule has 6 rings (SSSR count). The molecule has 1 atom stereocenters. The molecule has 0 N–H and O–H groups in total. The lowest BCUT2D eigenvalue weighted by molar-refractivity contribution is 0.101. The first-order valence-corrected chi connectivity index (χ1v) is 12.9. The highest BCUT2D eigenvalue weighted by Crippen LogP contribution is 2.34. The van der Waals surface area contributed by atoms with E-state index in [0.29, 0.717) is 6.79 Å². The number of tetrazole rings is 1. The van der Waals surface area contributed by atoms with Crippen molar-refractivity contribution in [3.05, 3.63) is 87.9 Å². The molecule has 2 aliphatic heterocycles. The van der Waals surface area contributed by atoms with E-state index in [9.17, 15) is 0 Å². The number of aromatic nitrogens is 4. The standard InChI is InChI=1S/C26H28N6O2S/c1-2-5-20(6-3-1)10-11-32-26(27-28-29-32)25(24-7-4-16-35-24)31-14-12-30(13-15-31)18-21-8-9-22-23(17-21)34-19-33-22/h1-9,16-17,25H,10-15,18-19H2/t25-/m0/s1. The lowest BCUT2D eigenvalue weighted by Gasteiger charge is -2.38. The van der Waals surface area contributed by atoms with E-state index >= 15 is 0 Å². The van der Waals surface area contributed by atoms with Crippen LogP contribution < -0.4 is 9.47 Å². The molecule has 0 spiro atoms. The van der Waals surface area contributed by atoms with Crippen molar-refractivity contribution >= 4 is 11.3 Å². The first-order valence-electron chi connectivity index (χ1n) is 12.0. The van der Waals surface area contributed by atoms with Crippen molar-refractivity contribution in [2.24, 2.45) is 0 Å². The molecule has 0 saturated carbocycles. The Bertz CT molecular complexity index is 1240. The second-order valence-corrected chi connectivity index (χ2v) is 9.89. The molecule has 0 radical (unpaired) electrons. The molecule has 180 valence electrons. The molecule has 1 fully saturated rings. The normalized spacial score (nSPS) is 17.0. The lowest BCUT2D eigenvalue weighted by Crippen LogP contribution is -2.47. The Balaban J connectivity index is 1.15. The Hall–Kier alpha value is -3.27. The molecular formula is C26H28N6O2S. The summed E-state index contributed by atoms with van der Waals surface area (Å²) in [5, 5.41) is 15.1. The van der Waals surface area contributed by atoms with E-state index < -0.39 is 0 Å². The zero-order valence-corrected chi connectivity index (χ0v) is 20.3. The number of benzene rings is 2. The van der Waals surface area contributed by atoms with Gasteiger partial charge in [-0.3, -0.25) is 9.80 Å². The topological polar surface area (TPSA) is 68.5 Å². The van der Waals surface area contributed by atoms with Crippen molar-refractivity contribution in [1.29, 1.82) is 0 Å². The lowest BCUT2D eigenvalue weighted by atomic mass is 10.1. The summed E-state index contributed by atoms with van der Waals surface area (Å²) in [6, 6.07) is 21.1. The molecule has 9 heteroatoms. The largest absolute Gasteiger partial charge is 0.454 e. The molecule has 4 aromatic rings. The maximum absolute atomic E-state index is 5.55. The van der Waals surface area contributed by atoms with Crippen LogP contribution in [0, 0.1) is 0 Å². The van der Waals surface area contributed by atoms with Crippen molar-refractivity contribution in [3.8, 4) is 11.5 Å². The van der Waals surface area contributed by atoms with E-state index in [2.05, 4.69) is 79.2 Å². The quantitative estimate of drug-likeness (QED) is 0.375. The number of hydrogen-bond donors (Lipinski definition) is 0. The molecule has 4 heterocycles. The van der Waals surface area contributed by atoms with Gasteiger partial charge >= 0.3 is 0 Å². The van der Waals surface area contributed by atoms with Gasteiger partial charge in [0.25, 0.3) is 0 Å². The molecule has 8 nitrogen and oxygen atoms in total. The number of piperazine rings is 1. The SMILES string of the molecule is c1ccc(CCn2nnnc2[C@H](c2cccs2)N2CCN(Cc3ccc4c(c3)OCO4)CC2)cc1. The number of aryl methyl sites for hydroxylation is 2. The van der Waals surface area contributed by atoms with Crippen molar-refractivity contribution in [2.45, 2.75) is 25.6 Å². The zero-order valence-electron chi connectivity index (χ0n) is 19.5. The molecule has 2 aromatic carbocycles. The van der Waals surface area contributed by atoms with Crippen LogP contribution in [0.4, 0.5) is 0 Å². The van der Waals surface area contributed by atoms with Gasteiger partial charge in [-0.2, -0.15) is 0 Å². The fourth-order valence-electron chi connectivity index (χ4n) is 4.84. The minimum absolute atomic E-state index is 0.0634. The molecule has 2 aromatic heterocycles. The average Bonchev–Trinajstić information content (AvgIpc) is 3.67. The van der Waals surface area contributed by atoms with Crippen LogP contribution in [-0.4, -0.2) is 63.0 Å². The fraction of sp³-hybridized carbons (Fsp3) is 0.346. The molecule has 0 amide bonds. The van der Waals surface area contributed by atoms with E-state index in [4.69, 9.17) is 9.47 Å². The molecule has 2 aliphatic rings. The van der Waals surface area contributed by atoms with Gasteiger partial charge in [0.15, 0.2) is 17.3 Å². The van der Waals surface area contributed by atoms with Crippen LogP contribution in [0.5, 0.6) is 11.5 Å². The number of nitrogens with zero attached hydrogens (tertiary/aromatic N) is 6. The van der Waals surface area contributed by atoms with Gasteiger partial charge in [-0.05, 0) is 51.6 Å². The van der Waals surface area contributed by atoms with Crippen LogP contribution in [0.15, 0.2) is 66.0 Å². The Morgan fingerprint density at radius 3 is 2.57 bits per heavy atom. The Morgan fingerprint density at radius 2 is 1.74 bits per heavy atom. The zero-order chi connectivity index (χ0) is 23.5. The Labute approximate surface area is 208 Å². The van der Waals surface area contributed by atoms with E-state index in [-0.39, 0.29) is 6.04 Å². The highest BCUT2D eigenvalue weighted by molar-refractivity contribution is 7.10. The first-order chi connectivity index (χ1) is 17.3. The molecule has 35 heavy (non-hydrogen) atoms. The predicted octanol–water partition coefficient (Wildman–Crippen LogP) is 3.61. The minimum atomic E-state index is 0.0634. The van der Waals surface area contributed by atoms with Gasteiger partial charge in [-0.25, -0.2) is 4.68 Å². The smallest absolute Gasteiger partial charge is 0.231 e. The van der Waals surface area contributed by atoms with Gasteiger partial charge in [-0.1, -0.05) is 42.5 Å². The number of thiophene rings is 1. The van der Waals surface area contributed by atoms with E-state index in [1.54, 1.807) is 11.3 Å². The fourth-order valence-corrected chi connectivity index (χ4v) is 5.70. The van der Waals surface area contributed by atoms with Crippen molar-refractivity contribution in [3.63, 3.8) is 0 Å². The van der Waals surface area contributed by atoms with Gasteiger partial charge in [0.2, 0.25) is 6.79 Å². The minimum Gasteiger partial charge on any atom is -0.454 e. The summed E-state index contributed by atoms with van der Waals surface area (Å²) in [5.74, 6) is 2.61. The van der Waals surface area contributed by atoms with E-state index in [1.807, 2.05) is 16.8 Å². The summed E-state index contributed by atoms with van der Waals surface area (Å²) in [4.78, 5) is 6.30. The van der Waals surface area contributed by atoms with Gasteiger partial charge in [0.1, 0.15) is 6.04 Å². The third-order valence-corrected chi connectivity index (χ3v) is 7.61. The van der Waals surface area contributed by atoms with E-state index in [1.165, 1.54) is 16.0 Å². The van der Waals surface area contributed by atoms with Gasteiger partial charge in [0, 0.05) is 44.1 Å². The molecule has 0 aliphatic carbocycles. The second kappa shape index (κ2) is 10.2. The predicted molar refractivity (Wildman–Crippen MR) is 134 cm³/mol. The first kappa shape index (κ1) is 22.2. The van der Waals surface area contributed by atoms with Gasteiger partial charge in [-0.15, -0.1) is 16.4 Å². The monoisotopic (exact) mass is 488 g/mol. The van der Waals surface area contributed by atoms with Crippen LogP contribution in [0.1, 0.15) is 27.9 Å². The van der Waals surface area contributed by atoms with Crippen LogP contribution in [-0.2, 0) is 19.5 Å². The van der Waals surface area contributed by atoms with Crippen LogP contribution in [0.3, 0.4) is 0 Å². The third kappa shape index (κ3) is 4.93. The third-order valence-electron chi connectivity index (χ3n) is 6.69. The number of ether oxygens (including phenoxy) is 2. The maximum Gasteiger partial charge on any atom is 0.231 e. The summed E-state index contributed by atoms with van der Waals surface area (Å²) in [5.41, 5.74) is 2.54. The number of hydrogen-bond acceptors (Lipinski definition) is 8. The summed E-state index contributed by atoms with van der Waals surface area (Å²) in [6.45, 7) is 5.87. The van der Waals surface area contributed by atoms with Gasteiger partial charge < -0.3 is 9.47 Å².